The zero-order valence-corrected chi connectivity index (χ0v) is 10.5. The van der Waals surface area contributed by atoms with Crippen molar-refractivity contribution in [2.24, 2.45) is 0 Å². The third-order valence-corrected chi connectivity index (χ3v) is 2.33. The quantitative estimate of drug-likeness (QED) is 0.419. The van der Waals surface area contributed by atoms with Gasteiger partial charge < -0.3 is 25.2 Å². The van der Waals surface area contributed by atoms with Crippen LogP contribution >= 0.6 is 0 Å². The zero-order chi connectivity index (χ0) is 16.0. The monoisotopic (exact) mass is 296 g/mol. The molecule has 21 heavy (non-hydrogen) atoms. The van der Waals surface area contributed by atoms with Crippen molar-refractivity contribution in [3.8, 4) is 5.75 Å². The van der Waals surface area contributed by atoms with Gasteiger partial charge in [0.1, 0.15) is 5.75 Å². The maximum Gasteiger partial charge on any atom is 0.348 e. The number of aromatic hydroxyl groups is 1. The van der Waals surface area contributed by atoms with E-state index in [4.69, 9.17) is 20.4 Å². The predicted octanol–water partition coefficient (Wildman–Crippen LogP) is -0.153. The molecule has 0 aromatic heterocycles. The number of carboxylic acids is 2. The first-order valence-corrected chi connectivity index (χ1v) is 5.62. The van der Waals surface area contributed by atoms with Crippen LogP contribution in [0.25, 0.3) is 6.08 Å². The Morgan fingerprint density at radius 2 is 1.62 bits per heavy atom. The number of aliphatic hydroxyl groups excluding tert-OH is 1. The molecule has 112 valence electrons. The summed E-state index contributed by atoms with van der Waals surface area (Å²) in [4.78, 5) is 32.6. The minimum absolute atomic E-state index is 0.0326. The van der Waals surface area contributed by atoms with Crippen LogP contribution in [-0.4, -0.2) is 50.5 Å². The highest BCUT2D eigenvalue weighted by atomic mass is 16.6. The number of rotatable bonds is 6. The maximum atomic E-state index is 11.4. The summed E-state index contributed by atoms with van der Waals surface area (Å²) in [6, 6.07) is 5.72. The van der Waals surface area contributed by atoms with E-state index in [1.165, 1.54) is 30.3 Å². The molecule has 1 rings (SSSR count). The van der Waals surface area contributed by atoms with Gasteiger partial charge >= 0.3 is 17.9 Å². The summed E-state index contributed by atoms with van der Waals surface area (Å²) in [5.74, 6) is -4.70. The average Bonchev–Trinajstić information content (AvgIpc) is 2.43. The van der Waals surface area contributed by atoms with E-state index in [2.05, 4.69) is 4.74 Å². The predicted molar refractivity (Wildman–Crippen MR) is 68.3 cm³/mol. The summed E-state index contributed by atoms with van der Waals surface area (Å²) in [6.07, 6.45) is -2.43. The van der Waals surface area contributed by atoms with E-state index < -0.39 is 30.1 Å². The molecule has 0 aliphatic heterocycles. The van der Waals surface area contributed by atoms with Crippen LogP contribution in [0.2, 0.25) is 0 Å². The smallest absolute Gasteiger partial charge is 0.348 e. The number of carboxylic acid groups (broad SMARTS) is 2. The summed E-state index contributed by atoms with van der Waals surface area (Å²) < 4.78 is 4.37. The van der Waals surface area contributed by atoms with Gasteiger partial charge in [0.05, 0.1) is 0 Å². The van der Waals surface area contributed by atoms with Crippen LogP contribution in [0.1, 0.15) is 5.56 Å². The molecule has 0 bridgehead atoms. The van der Waals surface area contributed by atoms with Gasteiger partial charge in [0.2, 0.25) is 6.10 Å². The number of ether oxygens (including phenoxy) is 1. The molecule has 0 saturated heterocycles. The van der Waals surface area contributed by atoms with Crippen LogP contribution < -0.4 is 0 Å². The number of phenolic OH excluding ortho intramolecular Hbond substituents is 1. The largest absolute Gasteiger partial charge is 0.508 e. The van der Waals surface area contributed by atoms with Crippen molar-refractivity contribution < 1.29 is 39.5 Å². The second-order valence-corrected chi connectivity index (χ2v) is 3.90. The molecule has 0 amide bonds. The number of phenols is 1. The highest BCUT2D eigenvalue weighted by Gasteiger charge is 2.35. The highest BCUT2D eigenvalue weighted by Crippen LogP contribution is 2.11. The van der Waals surface area contributed by atoms with E-state index in [1.54, 1.807) is 0 Å². The molecular weight excluding hydrogens is 284 g/mol. The van der Waals surface area contributed by atoms with Crippen LogP contribution in [-0.2, 0) is 19.1 Å². The molecule has 4 N–H and O–H groups in total. The molecule has 1 aromatic carbocycles. The molecule has 1 aromatic rings. The molecule has 2 atom stereocenters. The molecule has 0 aliphatic carbocycles. The number of benzene rings is 1. The standard InChI is InChI=1S/C13H12O8/c14-8-4-1-7(2-5-8)3-6-9(15)21-11(13(19)20)10(16)12(17)18/h1-6,10-11,14,16H,(H,17,18)(H,19,20)/b6-3+/t10-,11+/m1/s1. The topological polar surface area (TPSA) is 141 Å². The Bertz CT molecular complexity index is 560. The summed E-state index contributed by atoms with van der Waals surface area (Å²) in [5.41, 5.74) is 0.524. The number of esters is 1. The summed E-state index contributed by atoms with van der Waals surface area (Å²) in [6.45, 7) is 0. The van der Waals surface area contributed by atoms with Crippen molar-refractivity contribution in [2.45, 2.75) is 12.2 Å². The average molecular weight is 296 g/mol. The molecule has 0 radical (unpaired) electrons. The molecule has 0 spiro atoms. The lowest BCUT2D eigenvalue weighted by atomic mass is 10.2. The van der Waals surface area contributed by atoms with Crippen LogP contribution in [0.15, 0.2) is 30.3 Å². The number of aliphatic hydroxyl groups is 1. The van der Waals surface area contributed by atoms with E-state index in [9.17, 15) is 14.4 Å². The van der Waals surface area contributed by atoms with Gasteiger partial charge in [-0.2, -0.15) is 0 Å². The number of carbonyl (C=O) groups excluding carboxylic acids is 1. The first-order valence-electron chi connectivity index (χ1n) is 5.62. The van der Waals surface area contributed by atoms with E-state index in [0.717, 1.165) is 6.08 Å². The van der Waals surface area contributed by atoms with Crippen molar-refractivity contribution in [1.29, 1.82) is 0 Å². The Hall–Kier alpha value is -2.87. The van der Waals surface area contributed by atoms with Crippen molar-refractivity contribution in [1.82, 2.24) is 0 Å². The Morgan fingerprint density at radius 1 is 1.05 bits per heavy atom. The number of hydrogen-bond acceptors (Lipinski definition) is 6. The molecule has 0 fully saturated rings. The second-order valence-electron chi connectivity index (χ2n) is 3.90. The second kappa shape index (κ2) is 7.06. The van der Waals surface area contributed by atoms with Crippen LogP contribution in [0.4, 0.5) is 0 Å². The molecule has 0 aliphatic rings. The van der Waals surface area contributed by atoms with Gasteiger partial charge in [-0.3, -0.25) is 0 Å². The molecule has 0 heterocycles. The minimum Gasteiger partial charge on any atom is -0.508 e. The Morgan fingerprint density at radius 3 is 2.10 bits per heavy atom. The Kier molecular flexibility index (Phi) is 5.44. The van der Waals surface area contributed by atoms with Gasteiger partial charge in [-0.25, -0.2) is 14.4 Å². The molecule has 0 saturated carbocycles. The van der Waals surface area contributed by atoms with E-state index in [0.29, 0.717) is 5.56 Å². The van der Waals surface area contributed by atoms with Crippen molar-refractivity contribution in [2.75, 3.05) is 0 Å². The lowest BCUT2D eigenvalue weighted by Crippen LogP contribution is -2.42. The Labute approximate surface area is 118 Å². The molecular formula is C13H12O8. The highest BCUT2D eigenvalue weighted by molar-refractivity contribution is 5.91. The van der Waals surface area contributed by atoms with Crippen molar-refractivity contribution in [3.05, 3.63) is 35.9 Å². The van der Waals surface area contributed by atoms with Gasteiger partial charge in [-0.15, -0.1) is 0 Å². The van der Waals surface area contributed by atoms with E-state index >= 15 is 0 Å². The van der Waals surface area contributed by atoms with E-state index in [1.807, 2.05) is 0 Å². The fraction of sp³-hybridized carbons (Fsp3) is 0.154. The van der Waals surface area contributed by atoms with Gasteiger partial charge in [0.15, 0.2) is 6.10 Å². The summed E-state index contributed by atoms with van der Waals surface area (Å²) in [7, 11) is 0. The first-order chi connectivity index (χ1) is 9.81. The fourth-order valence-electron chi connectivity index (χ4n) is 1.29. The van der Waals surface area contributed by atoms with Crippen molar-refractivity contribution >= 4 is 24.0 Å². The fourth-order valence-corrected chi connectivity index (χ4v) is 1.29. The third-order valence-electron chi connectivity index (χ3n) is 2.33. The molecule has 8 nitrogen and oxygen atoms in total. The third kappa shape index (κ3) is 4.96. The van der Waals surface area contributed by atoms with Gasteiger partial charge in [0, 0.05) is 6.08 Å². The number of carbonyl (C=O) groups is 3. The number of aliphatic carboxylic acids is 2. The summed E-state index contributed by atoms with van der Waals surface area (Å²) >= 11 is 0. The van der Waals surface area contributed by atoms with E-state index in [-0.39, 0.29) is 5.75 Å². The minimum atomic E-state index is -2.37. The molecule has 8 heteroatoms. The van der Waals surface area contributed by atoms with Crippen LogP contribution in [0.5, 0.6) is 5.75 Å². The maximum absolute atomic E-state index is 11.4. The SMILES string of the molecule is O=C(/C=C/c1ccc(O)cc1)O[C@H](C(=O)O)[C@@H](O)C(=O)O. The lowest BCUT2D eigenvalue weighted by Gasteiger charge is -2.15. The van der Waals surface area contributed by atoms with Gasteiger partial charge in [-0.1, -0.05) is 12.1 Å². The summed E-state index contributed by atoms with van der Waals surface area (Å²) in [5, 5.41) is 35.4. The molecule has 0 unspecified atom stereocenters. The number of hydrogen-bond donors (Lipinski definition) is 4. The zero-order valence-electron chi connectivity index (χ0n) is 10.5. The van der Waals surface area contributed by atoms with Crippen LogP contribution in [0, 0.1) is 0 Å². The first kappa shape index (κ1) is 16.2. The van der Waals surface area contributed by atoms with Crippen LogP contribution in [0.3, 0.4) is 0 Å². The van der Waals surface area contributed by atoms with Crippen molar-refractivity contribution in [3.63, 3.8) is 0 Å². The van der Waals surface area contributed by atoms with Gasteiger partial charge in [-0.05, 0) is 23.8 Å². The lowest BCUT2D eigenvalue weighted by molar-refractivity contribution is -0.176. The normalized spacial score (nSPS) is 13.6. The van der Waals surface area contributed by atoms with Gasteiger partial charge in [0.25, 0.3) is 0 Å². The Balaban J connectivity index is 2.72.